The maximum Gasteiger partial charge on any atom is 0.410 e. The maximum atomic E-state index is 12.9. The van der Waals surface area contributed by atoms with Crippen molar-refractivity contribution in [2.45, 2.75) is 90.0 Å². The Bertz CT molecular complexity index is 929. The summed E-state index contributed by atoms with van der Waals surface area (Å²) in [5.74, 6) is 0. The summed E-state index contributed by atoms with van der Waals surface area (Å²) in [5.41, 5.74) is 2.40. The lowest BCUT2D eigenvalue weighted by atomic mass is 9.72. The number of benzene rings is 1. The monoisotopic (exact) mass is 411 g/mol. The molecule has 0 aliphatic carbocycles. The van der Waals surface area contributed by atoms with Crippen molar-refractivity contribution < 1.29 is 14.6 Å². The van der Waals surface area contributed by atoms with E-state index in [1.165, 1.54) is 0 Å². The van der Waals surface area contributed by atoms with Crippen LogP contribution in [-0.2, 0) is 10.3 Å². The van der Waals surface area contributed by atoms with Crippen LogP contribution in [0.15, 0.2) is 30.3 Å². The summed E-state index contributed by atoms with van der Waals surface area (Å²) in [6, 6.07) is 10.1. The van der Waals surface area contributed by atoms with Crippen molar-refractivity contribution in [3.05, 3.63) is 47.3 Å². The standard InChI is InChI=1S/C24H33N3O3/c1-16-12-17(2)27(25-16)19-9-6-8-18(13-19)24(29)14-20-10-7-11-21(15-24)26(20)22(28)30-23(3,4)5/h6,8-9,12-13,20-21,29H,7,10-11,14-15H2,1-5H3. The van der Waals surface area contributed by atoms with Gasteiger partial charge in [0.2, 0.25) is 0 Å². The number of carbonyl (C=O) groups excluding carboxylic acids is 1. The van der Waals surface area contributed by atoms with Gasteiger partial charge in [0.25, 0.3) is 0 Å². The van der Waals surface area contributed by atoms with Gasteiger partial charge in [0, 0.05) is 30.6 Å². The van der Waals surface area contributed by atoms with E-state index in [0.29, 0.717) is 12.8 Å². The third-order valence-electron chi connectivity index (χ3n) is 6.25. The Morgan fingerprint density at radius 2 is 1.83 bits per heavy atom. The van der Waals surface area contributed by atoms with E-state index in [9.17, 15) is 9.90 Å². The second-order valence-electron chi connectivity index (χ2n) is 9.96. The zero-order chi connectivity index (χ0) is 21.7. The summed E-state index contributed by atoms with van der Waals surface area (Å²) >= 11 is 0. The van der Waals surface area contributed by atoms with Crippen molar-refractivity contribution in [1.82, 2.24) is 14.7 Å². The van der Waals surface area contributed by atoms with Crippen LogP contribution in [0.3, 0.4) is 0 Å². The number of aryl methyl sites for hydroxylation is 2. The first-order valence-electron chi connectivity index (χ1n) is 10.9. The van der Waals surface area contributed by atoms with Crippen LogP contribution < -0.4 is 0 Å². The molecule has 1 N–H and O–H groups in total. The number of aromatic nitrogens is 2. The van der Waals surface area contributed by atoms with Crippen LogP contribution in [-0.4, -0.2) is 43.6 Å². The molecule has 2 aliphatic heterocycles. The fraction of sp³-hybridized carbons (Fsp3) is 0.583. The molecule has 30 heavy (non-hydrogen) atoms. The van der Waals surface area contributed by atoms with Crippen molar-refractivity contribution in [2.75, 3.05) is 0 Å². The molecule has 2 bridgehead atoms. The van der Waals surface area contributed by atoms with Crippen molar-refractivity contribution >= 4 is 6.09 Å². The molecule has 4 rings (SSSR count). The summed E-state index contributed by atoms with van der Waals surface area (Å²) in [4.78, 5) is 14.8. The van der Waals surface area contributed by atoms with Gasteiger partial charge in [-0.05, 0) is 77.6 Å². The Kier molecular flexibility index (Phi) is 5.17. The highest BCUT2D eigenvalue weighted by molar-refractivity contribution is 5.69. The number of piperidine rings is 2. The van der Waals surface area contributed by atoms with Crippen LogP contribution in [0.1, 0.15) is 69.8 Å². The van der Waals surface area contributed by atoms with Crippen LogP contribution >= 0.6 is 0 Å². The highest BCUT2D eigenvalue weighted by atomic mass is 16.6. The second-order valence-corrected chi connectivity index (χ2v) is 9.96. The van der Waals surface area contributed by atoms with Crippen LogP contribution in [0, 0.1) is 13.8 Å². The Balaban J connectivity index is 1.62. The molecule has 1 aromatic carbocycles. The minimum Gasteiger partial charge on any atom is -0.444 e. The van der Waals surface area contributed by atoms with Gasteiger partial charge in [-0.2, -0.15) is 5.10 Å². The average Bonchev–Trinajstić information content (AvgIpc) is 2.98. The topological polar surface area (TPSA) is 67.6 Å². The molecule has 1 aromatic heterocycles. The van der Waals surface area contributed by atoms with Crippen molar-refractivity contribution in [2.24, 2.45) is 0 Å². The van der Waals surface area contributed by atoms with E-state index in [0.717, 1.165) is 41.9 Å². The summed E-state index contributed by atoms with van der Waals surface area (Å²) in [5, 5.41) is 16.3. The van der Waals surface area contributed by atoms with Gasteiger partial charge in [-0.1, -0.05) is 12.1 Å². The van der Waals surface area contributed by atoms with E-state index in [4.69, 9.17) is 4.74 Å². The second kappa shape index (κ2) is 7.41. The van der Waals surface area contributed by atoms with E-state index in [-0.39, 0.29) is 18.2 Å². The zero-order valence-corrected chi connectivity index (χ0v) is 18.7. The molecule has 0 radical (unpaired) electrons. The molecule has 2 saturated heterocycles. The van der Waals surface area contributed by atoms with Crippen molar-refractivity contribution in [1.29, 1.82) is 0 Å². The fourth-order valence-electron chi connectivity index (χ4n) is 5.10. The van der Waals surface area contributed by atoms with Gasteiger partial charge in [-0.25, -0.2) is 9.48 Å². The normalized spacial score (nSPS) is 26.5. The van der Waals surface area contributed by atoms with Gasteiger partial charge in [0.1, 0.15) is 5.60 Å². The average molecular weight is 412 g/mol. The molecule has 6 heteroatoms. The molecule has 2 atom stereocenters. The molecule has 2 aromatic rings. The minimum absolute atomic E-state index is 0.00492. The van der Waals surface area contributed by atoms with Crippen LogP contribution in [0.2, 0.25) is 0 Å². The summed E-state index contributed by atoms with van der Waals surface area (Å²) in [7, 11) is 0. The molecule has 3 heterocycles. The maximum absolute atomic E-state index is 12.9. The van der Waals surface area contributed by atoms with Gasteiger partial charge in [-0.3, -0.25) is 0 Å². The quantitative estimate of drug-likeness (QED) is 0.782. The van der Waals surface area contributed by atoms with Crippen LogP contribution in [0.25, 0.3) is 5.69 Å². The lowest BCUT2D eigenvalue weighted by molar-refractivity contribution is -0.0965. The minimum atomic E-state index is -0.958. The summed E-state index contributed by atoms with van der Waals surface area (Å²) < 4.78 is 7.59. The Hall–Kier alpha value is -2.34. The molecular weight excluding hydrogens is 378 g/mol. The molecule has 2 fully saturated rings. The smallest absolute Gasteiger partial charge is 0.410 e. The van der Waals surface area contributed by atoms with E-state index in [1.54, 1.807) is 0 Å². The molecule has 162 valence electrons. The molecule has 2 unspecified atom stereocenters. The zero-order valence-electron chi connectivity index (χ0n) is 18.7. The lowest BCUT2D eigenvalue weighted by Crippen LogP contribution is -2.59. The SMILES string of the molecule is Cc1cc(C)n(-c2cccc(C3(O)CC4CCCC(C3)N4C(=O)OC(C)(C)C)c2)n1. The first-order valence-corrected chi connectivity index (χ1v) is 10.9. The third-order valence-corrected chi connectivity index (χ3v) is 6.25. The number of hydrogen-bond donors (Lipinski definition) is 1. The summed E-state index contributed by atoms with van der Waals surface area (Å²) in [6.45, 7) is 9.70. The van der Waals surface area contributed by atoms with E-state index < -0.39 is 11.2 Å². The molecule has 1 amide bonds. The number of nitrogens with zero attached hydrogens (tertiary/aromatic N) is 3. The van der Waals surface area contributed by atoms with Gasteiger partial charge >= 0.3 is 6.09 Å². The Morgan fingerprint density at radius 1 is 1.17 bits per heavy atom. The number of amides is 1. The highest BCUT2D eigenvalue weighted by Crippen LogP contribution is 2.45. The van der Waals surface area contributed by atoms with Gasteiger partial charge < -0.3 is 14.7 Å². The largest absolute Gasteiger partial charge is 0.444 e. The fourth-order valence-corrected chi connectivity index (χ4v) is 5.10. The number of fused-ring (bicyclic) bond motifs is 2. The number of rotatable bonds is 2. The van der Waals surface area contributed by atoms with Gasteiger partial charge in [0.15, 0.2) is 0 Å². The van der Waals surface area contributed by atoms with Crippen molar-refractivity contribution in [3.8, 4) is 5.69 Å². The number of hydrogen-bond acceptors (Lipinski definition) is 4. The molecule has 0 spiro atoms. The summed E-state index contributed by atoms with van der Waals surface area (Å²) in [6.07, 6.45) is 3.68. The Morgan fingerprint density at radius 3 is 2.40 bits per heavy atom. The van der Waals surface area contributed by atoms with E-state index >= 15 is 0 Å². The number of aliphatic hydroxyl groups is 1. The van der Waals surface area contributed by atoms with E-state index in [2.05, 4.69) is 5.10 Å². The predicted molar refractivity (Wildman–Crippen MR) is 116 cm³/mol. The van der Waals surface area contributed by atoms with Gasteiger partial charge in [-0.15, -0.1) is 0 Å². The number of carbonyl (C=O) groups is 1. The molecule has 2 aliphatic rings. The van der Waals surface area contributed by atoms with Gasteiger partial charge in [0.05, 0.1) is 17.0 Å². The molecule has 0 saturated carbocycles. The highest BCUT2D eigenvalue weighted by Gasteiger charge is 2.49. The predicted octanol–water partition coefficient (Wildman–Crippen LogP) is 4.63. The van der Waals surface area contributed by atoms with Crippen LogP contribution in [0.5, 0.6) is 0 Å². The Labute approximate surface area is 178 Å². The number of ether oxygens (including phenoxy) is 1. The third kappa shape index (κ3) is 3.97. The van der Waals surface area contributed by atoms with Crippen molar-refractivity contribution in [3.63, 3.8) is 0 Å². The first kappa shape index (κ1) is 20.9. The lowest BCUT2D eigenvalue weighted by Gasteiger charge is -2.51. The molecule has 6 nitrogen and oxygen atoms in total. The van der Waals surface area contributed by atoms with E-state index in [1.807, 2.05) is 74.5 Å². The first-order chi connectivity index (χ1) is 14.1. The molecular formula is C24H33N3O3. The van der Waals surface area contributed by atoms with Crippen LogP contribution in [0.4, 0.5) is 4.79 Å².